The van der Waals surface area contributed by atoms with Crippen LogP contribution in [0.3, 0.4) is 0 Å². The van der Waals surface area contributed by atoms with E-state index in [1.165, 1.54) is 12.7 Å². The molecule has 184 valence electrons. The monoisotopic (exact) mass is 614 g/mol. The molecule has 4 rings (SSSR count). The van der Waals surface area contributed by atoms with Crippen molar-refractivity contribution in [1.29, 1.82) is 0 Å². The molecule has 1 aliphatic rings. The number of hydrogen-bond acceptors (Lipinski definition) is 6. The van der Waals surface area contributed by atoms with Gasteiger partial charge in [-0.1, -0.05) is 35.9 Å². The summed E-state index contributed by atoms with van der Waals surface area (Å²) in [6.07, 6.45) is 1.61. The number of carbonyl (C=O) groups is 3. The number of nitrogens with zero attached hydrogens (tertiary/aromatic N) is 1. The maximum absolute atomic E-state index is 12.8. The zero-order chi connectivity index (χ0) is 25.7. The van der Waals surface area contributed by atoms with E-state index < -0.39 is 17.1 Å². The molecular weight excluding hydrogens is 591 g/mol. The van der Waals surface area contributed by atoms with Gasteiger partial charge in [-0.15, -0.1) is 0 Å². The second-order valence-electron chi connectivity index (χ2n) is 8.01. The summed E-state index contributed by atoms with van der Waals surface area (Å²) < 4.78 is 12.4. The normalized spacial score (nSPS) is 14.3. The lowest BCUT2D eigenvalue weighted by molar-refractivity contribution is -0.127. The van der Waals surface area contributed by atoms with Crippen molar-refractivity contribution < 1.29 is 23.9 Å². The molecule has 0 aromatic heterocycles. The molecular formula is C27H23IN2O5S. The lowest BCUT2D eigenvalue weighted by Crippen LogP contribution is -2.36. The second-order valence-corrected chi connectivity index (χ2v) is 10.2. The molecule has 0 saturated carbocycles. The fraction of sp³-hybridized carbons (Fsp3) is 0.148. The third kappa shape index (κ3) is 6.46. The van der Waals surface area contributed by atoms with Crippen LogP contribution in [-0.4, -0.2) is 35.6 Å². The standard InChI is InChI=1S/C27H23IN2O5S/c1-17-3-5-18(6-4-17)16-35-22-12-7-19(13-23(22)34-2)14-24-26(32)30(27(33)36-24)15-25(31)29-21-10-8-20(28)9-11-21/h3-14H,15-16H2,1-2H3,(H,29,31)/b24-14+. The molecule has 0 atom stereocenters. The Hall–Kier alpha value is -3.31. The number of nitrogens with one attached hydrogen (secondary N) is 1. The van der Waals surface area contributed by atoms with E-state index in [2.05, 4.69) is 27.9 Å². The van der Waals surface area contributed by atoms with E-state index in [1.54, 1.807) is 36.4 Å². The lowest BCUT2D eigenvalue weighted by atomic mass is 10.1. The van der Waals surface area contributed by atoms with Gasteiger partial charge in [0.1, 0.15) is 13.2 Å². The highest BCUT2D eigenvalue weighted by molar-refractivity contribution is 14.1. The molecule has 1 heterocycles. The summed E-state index contributed by atoms with van der Waals surface area (Å²) in [5.41, 5.74) is 3.48. The Bertz CT molecular complexity index is 1320. The number of carbonyl (C=O) groups excluding carboxylic acids is 3. The van der Waals surface area contributed by atoms with Crippen LogP contribution in [0.25, 0.3) is 6.08 Å². The predicted molar refractivity (Wildman–Crippen MR) is 149 cm³/mol. The molecule has 0 bridgehead atoms. The summed E-state index contributed by atoms with van der Waals surface area (Å²) in [6, 6.07) is 20.6. The molecule has 0 aliphatic carbocycles. The van der Waals surface area contributed by atoms with Gasteiger partial charge in [-0.25, -0.2) is 0 Å². The van der Waals surface area contributed by atoms with E-state index in [-0.39, 0.29) is 11.4 Å². The topological polar surface area (TPSA) is 84.9 Å². The predicted octanol–water partition coefficient (Wildman–Crippen LogP) is 5.86. The van der Waals surface area contributed by atoms with E-state index >= 15 is 0 Å². The molecule has 3 amide bonds. The van der Waals surface area contributed by atoms with E-state index in [1.807, 2.05) is 43.3 Å². The molecule has 0 spiro atoms. The van der Waals surface area contributed by atoms with Crippen molar-refractivity contribution in [2.45, 2.75) is 13.5 Å². The van der Waals surface area contributed by atoms with Crippen molar-refractivity contribution in [3.63, 3.8) is 0 Å². The van der Waals surface area contributed by atoms with Gasteiger partial charge in [-0.3, -0.25) is 19.3 Å². The van der Waals surface area contributed by atoms with E-state index in [4.69, 9.17) is 9.47 Å². The number of imide groups is 1. The Morgan fingerprint density at radius 2 is 1.75 bits per heavy atom. The molecule has 3 aromatic carbocycles. The van der Waals surface area contributed by atoms with Gasteiger partial charge >= 0.3 is 0 Å². The average molecular weight is 614 g/mol. The van der Waals surface area contributed by atoms with E-state index in [9.17, 15) is 14.4 Å². The first-order valence-corrected chi connectivity index (χ1v) is 12.9. The highest BCUT2D eigenvalue weighted by Gasteiger charge is 2.36. The molecule has 7 nitrogen and oxygen atoms in total. The number of anilines is 1. The summed E-state index contributed by atoms with van der Waals surface area (Å²) in [5, 5.41) is 2.21. The third-order valence-corrected chi connectivity index (χ3v) is 6.93. The van der Waals surface area contributed by atoms with Gasteiger partial charge in [0, 0.05) is 9.26 Å². The quantitative estimate of drug-likeness (QED) is 0.253. The van der Waals surface area contributed by atoms with E-state index in [0.29, 0.717) is 29.4 Å². The third-order valence-electron chi connectivity index (χ3n) is 5.30. The van der Waals surface area contributed by atoms with Gasteiger partial charge in [0.2, 0.25) is 5.91 Å². The number of benzene rings is 3. The van der Waals surface area contributed by atoms with Crippen molar-refractivity contribution in [2.24, 2.45) is 0 Å². The zero-order valence-corrected chi connectivity index (χ0v) is 22.6. The minimum absolute atomic E-state index is 0.234. The fourth-order valence-electron chi connectivity index (χ4n) is 3.40. The van der Waals surface area contributed by atoms with E-state index in [0.717, 1.165) is 25.8 Å². The van der Waals surface area contributed by atoms with Crippen LogP contribution in [-0.2, 0) is 16.2 Å². The molecule has 0 radical (unpaired) electrons. The van der Waals surface area contributed by atoms with Crippen LogP contribution in [0.2, 0.25) is 0 Å². The Kier molecular flexibility index (Phi) is 8.32. The van der Waals surface area contributed by atoms with Crippen molar-refractivity contribution in [2.75, 3.05) is 19.0 Å². The Labute approximate surface area is 227 Å². The first kappa shape index (κ1) is 25.8. The summed E-state index contributed by atoms with van der Waals surface area (Å²) in [6.45, 7) is 2.06. The number of ether oxygens (including phenoxy) is 2. The van der Waals surface area contributed by atoms with Crippen LogP contribution < -0.4 is 14.8 Å². The largest absolute Gasteiger partial charge is 0.493 e. The van der Waals surface area contributed by atoms with Crippen molar-refractivity contribution in [3.8, 4) is 11.5 Å². The van der Waals surface area contributed by atoms with Crippen molar-refractivity contribution in [3.05, 3.63) is 91.9 Å². The molecule has 1 N–H and O–H groups in total. The number of hydrogen-bond donors (Lipinski definition) is 1. The Morgan fingerprint density at radius 1 is 1.03 bits per heavy atom. The first-order valence-electron chi connectivity index (χ1n) is 11.0. The summed E-state index contributed by atoms with van der Waals surface area (Å²) >= 11 is 2.96. The second kappa shape index (κ2) is 11.6. The molecule has 9 heteroatoms. The smallest absolute Gasteiger partial charge is 0.294 e. The van der Waals surface area contributed by atoms with Crippen LogP contribution in [0.5, 0.6) is 11.5 Å². The SMILES string of the molecule is COc1cc(/C=C2/SC(=O)N(CC(=O)Nc3ccc(I)cc3)C2=O)ccc1OCc1ccc(C)cc1. The minimum Gasteiger partial charge on any atom is -0.493 e. The van der Waals surface area contributed by atoms with Gasteiger partial charge in [0.15, 0.2) is 11.5 Å². The van der Waals surface area contributed by atoms with Gasteiger partial charge in [-0.2, -0.15) is 0 Å². The van der Waals surface area contributed by atoms with Crippen LogP contribution in [0.4, 0.5) is 10.5 Å². The van der Waals surface area contributed by atoms with Crippen LogP contribution in [0.15, 0.2) is 71.6 Å². The first-order chi connectivity index (χ1) is 17.3. The van der Waals surface area contributed by atoms with Crippen molar-refractivity contribution in [1.82, 2.24) is 4.90 Å². The van der Waals surface area contributed by atoms with Gasteiger partial charge in [-0.05, 0) is 94.9 Å². The Balaban J connectivity index is 1.42. The molecule has 1 fully saturated rings. The molecule has 3 aromatic rings. The van der Waals surface area contributed by atoms with Gasteiger partial charge in [0.05, 0.1) is 12.0 Å². The highest BCUT2D eigenvalue weighted by atomic mass is 127. The van der Waals surface area contributed by atoms with Gasteiger partial charge < -0.3 is 14.8 Å². The zero-order valence-electron chi connectivity index (χ0n) is 19.6. The maximum atomic E-state index is 12.8. The molecule has 1 aliphatic heterocycles. The number of amides is 3. The average Bonchev–Trinajstić information content (AvgIpc) is 3.12. The van der Waals surface area contributed by atoms with Crippen molar-refractivity contribution >= 4 is 63.2 Å². The van der Waals surface area contributed by atoms with Crippen LogP contribution in [0.1, 0.15) is 16.7 Å². The number of rotatable bonds is 8. The van der Waals surface area contributed by atoms with Gasteiger partial charge in [0.25, 0.3) is 11.1 Å². The molecule has 0 unspecified atom stereocenters. The summed E-state index contributed by atoms with van der Waals surface area (Å²) in [7, 11) is 1.54. The molecule has 1 saturated heterocycles. The number of thioether (sulfide) groups is 1. The number of methoxy groups -OCH3 is 1. The fourth-order valence-corrected chi connectivity index (χ4v) is 4.60. The lowest BCUT2D eigenvalue weighted by Gasteiger charge is -2.13. The van der Waals surface area contributed by atoms with Crippen LogP contribution in [0, 0.1) is 10.5 Å². The maximum Gasteiger partial charge on any atom is 0.294 e. The highest BCUT2D eigenvalue weighted by Crippen LogP contribution is 2.34. The molecule has 36 heavy (non-hydrogen) atoms. The number of halogens is 1. The Morgan fingerprint density at radius 3 is 2.44 bits per heavy atom. The minimum atomic E-state index is -0.513. The summed E-state index contributed by atoms with van der Waals surface area (Å²) in [4.78, 5) is 38.8. The summed E-state index contributed by atoms with van der Waals surface area (Å²) in [5.74, 6) is 0.112. The van der Waals surface area contributed by atoms with Crippen LogP contribution >= 0.6 is 34.4 Å². The number of aryl methyl sites for hydroxylation is 1.